The fourth-order valence-corrected chi connectivity index (χ4v) is 4.52. The number of benzene rings is 2. The number of morpholine rings is 1. The summed E-state index contributed by atoms with van der Waals surface area (Å²) in [5, 5.41) is 12.2. The van der Waals surface area contributed by atoms with Crippen molar-refractivity contribution in [1.29, 1.82) is 0 Å². The Balaban J connectivity index is 1.67. The first-order valence-corrected chi connectivity index (χ1v) is 12.2. The molecule has 1 aromatic heterocycles. The summed E-state index contributed by atoms with van der Waals surface area (Å²) < 4.78 is 7.20. The first kappa shape index (κ1) is 26.5. The second-order valence-corrected chi connectivity index (χ2v) is 9.04. The van der Waals surface area contributed by atoms with Gasteiger partial charge in [0.15, 0.2) is 0 Å². The topological polar surface area (TPSA) is 98.9 Å². The zero-order valence-electron chi connectivity index (χ0n) is 20.0. The van der Waals surface area contributed by atoms with Crippen LogP contribution in [0.5, 0.6) is 0 Å². The van der Waals surface area contributed by atoms with Crippen molar-refractivity contribution in [2.75, 3.05) is 32.9 Å². The molecule has 9 nitrogen and oxygen atoms in total. The fourth-order valence-electron chi connectivity index (χ4n) is 4.01. The van der Waals surface area contributed by atoms with Gasteiger partial charge in [0.1, 0.15) is 12.3 Å². The molecule has 37 heavy (non-hydrogen) atoms. The number of hydrazine groups is 1. The number of carbonyl (C=O) groups is 1. The Bertz CT molecular complexity index is 1360. The summed E-state index contributed by atoms with van der Waals surface area (Å²) in [6.45, 7) is 2.26. The van der Waals surface area contributed by atoms with Gasteiger partial charge in [0, 0.05) is 53.3 Å². The average Bonchev–Trinajstić information content (AvgIpc) is 3.21. The van der Waals surface area contributed by atoms with Gasteiger partial charge in [-0.15, -0.1) is 10.1 Å². The number of aromatic nitrogens is 1. The summed E-state index contributed by atoms with van der Waals surface area (Å²) in [5.74, 6) is 5.59. The standard InChI is InChI=1S/C26H24Cl2N4O5/c1-30-24(26(33)29-31-11-14-36-15-12-31)17-22(21-10-9-20(27)16-23(21)28)25(30)19-7-5-18(6-8-19)4-2-3-13-37-32(34)35/h5-10,16-17H,3,11-15H2,1H3,(H,29,33). The first-order valence-electron chi connectivity index (χ1n) is 11.5. The minimum atomic E-state index is -0.837. The molecule has 3 aromatic rings. The average molecular weight is 543 g/mol. The van der Waals surface area contributed by atoms with Crippen LogP contribution < -0.4 is 5.43 Å². The Kier molecular flexibility index (Phi) is 8.69. The monoisotopic (exact) mass is 542 g/mol. The lowest BCUT2D eigenvalue weighted by Crippen LogP contribution is -2.48. The summed E-state index contributed by atoms with van der Waals surface area (Å²) in [4.78, 5) is 27.7. The zero-order valence-corrected chi connectivity index (χ0v) is 21.5. The van der Waals surface area contributed by atoms with Crippen LogP contribution in [-0.2, 0) is 16.6 Å². The quantitative estimate of drug-likeness (QED) is 0.203. The van der Waals surface area contributed by atoms with Crippen LogP contribution in [0.15, 0.2) is 48.5 Å². The summed E-state index contributed by atoms with van der Waals surface area (Å²) in [6.07, 6.45) is 0.237. The molecule has 1 amide bonds. The number of halogens is 2. The molecule has 0 atom stereocenters. The molecule has 1 saturated heterocycles. The van der Waals surface area contributed by atoms with Crippen molar-refractivity contribution in [2.45, 2.75) is 6.42 Å². The van der Waals surface area contributed by atoms with Gasteiger partial charge < -0.3 is 14.1 Å². The first-order chi connectivity index (χ1) is 17.8. The lowest BCUT2D eigenvalue weighted by Gasteiger charge is -2.27. The van der Waals surface area contributed by atoms with Gasteiger partial charge >= 0.3 is 0 Å². The Morgan fingerprint density at radius 2 is 1.86 bits per heavy atom. The predicted octanol–water partition coefficient (Wildman–Crippen LogP) is 4.59. The molecule has 0 bridgehead atoms. The van der Waals surface area contributed by atoms with E-state index in [0.29, 0.717) is 42.0 Å². The van der Waals surface area contributed by atoms with Crippen molar-refractivity contribution >= 4 is 29.1 Å². The molecule has 0 spiro atoms. The molecule has 1 aliphatic rings. The van der Waals surface area contributed by atoms with Gasteiger partial charge in [0.05, 0.1) is 18.9 Å². The number of rotatable bonds is 7. The smallest absolute Gasteiger partial charge is 0.294 e. The van der Waals surface area contributed by atoms with Crippen molar-refractivity contribution in [3.05, 3.63) is 79.9 Å². The maximum Gasteiger partial charge on any atom is 0.294 e. The summed E-state index contributed by atoms with van der Waals surface area (Å²) in [6, 6.07) is 14.6. The molecule has 11 heteroatoms. The number of hydrogen-bond donors (Lipinski definition) is 1. The second-order valence-electron chi connectivity index (χ2n) is 8.20. The van der Waals surface area contributed by atoms with Gasteiger partial charge in [0.2, 0.25) is 0 Å². The van der Waals surface area contributed by atoms with Gasteiger partial charge in [-0.25, -0.2) is 5.01 Å². The third-order valence-corrected chi connectivity index (χ3v) is 6.32. The van der Waals surface area contributed by atoms with Crippen LogP contribution in [-0.4, -0.2) is 53.5 Å². The van der Waals surface area contributed by atoms with E-state index in [0.717, 1.165) is 27.9 Å². The van der Waals surface area contributed by atoms with Crippen LogP contribution in [0.4, 0.5) is 0 Å². The number of nitrogens with zero attached hydrogens (tertiary/aromatic N) is 3. The van der Waals surface area contributed by atoms with E-state index in [2.05, 4.69) is 22.1 Å². The van der Waals surface area contributed by atoms with Crippen LogP contribution in [0, 0.1) is 22.0 Å². The third kappa shape index (κ3) is 6.61. The highest BCUT2D eigenvalue weighted by Crippen LogP contribution is 2.39. The molecule has 1 fully saturated rings. The molecule has 2 aromatic carbocycles. The number of amides is 1. The van der Waals surface area contributed by atoms with Crippen LogP contribution in [0.25, 0.3) is 22.4 Å². The maximum atomic E-state index is 13.2. The molecule has 1 aliphatic heterocycles. The van der Waals surface area contributed by atoms with Gasteiger partial charge in [-0.1, -0.05) is 53.2 Å². The maximum absolute atomic E-state index is 13.2. The molecular formula is C26H24Cl2N4O5. The number of hydrogen-bond acceptors (Lipinski definition) is 6. The molecule has 4 rings (SSSR count). The Hall–Kier alpha value is -3.55. The number of nitrogens with one attached hydrogen (secondary N) is 1. The van der Waals surface area contributed by atoms with E-state index in [-0.39, 0.29) is 18.9 Å². The minimum Gasteiger partial charge on any atom is -0.379 e. The molecule has 0 radical (unpaired) electrons. The fraction of sp³-hybridized carbons (Fsp3) is 0.269. The molecular weight excluding hydrogens is 519 g/mol. The summed E-state index contributed by atoms with van der Waals surface area (Å²) in [7, 11) is 1.83. The lowest BCUT2D eigenvalue weighted by molar-refractivity contribution is -0.757. The molecule has 0 aliphatic carbocycles. The van der Waals surface area contributed by atoms with Crippen LogP contribution in [0.3, 0.4) is 0 Å². The van der Waals surface area contributed by atoms with Crippen molar-refractivity contribution in [1.82, 2.24) is 15.0 Å². The number of carbonyl (C=O) groups excluding carboxylic acids is 1. The number of ether oxygens (including phenoxy) is 1. The SMILES string of the molecule is Cn1c(C(=O)NN2CCOCC2)cc(-c2ccc(Cl)cc2Cl)c1-c1ccc(C#CCCO[N+](=O)[O-])cc1. The van der Waals surface area contributed by atoms with Crippen molar-refractivity contribution < 1.29 is 19.5 Å². The van der Waals surface area contributed by atoms with Gasteiger partial charge in [-0.05, 0) is 35.9 Å². The molecule has 192 valence electrons. The molecule has 1 N–H and O–H groups in total. The van der Waals surface area contributed by atoms with E-state index in [4.69, 9.17) is 27.9 Å². The Morgan fingerprint density at radius 3 is 2.54 bits per heavy atom. The van der Waals surface area contributed by atoms with Crippen molar-refractivity contribution in [2.24, 2.45) is 7.05 Å². The van der Waals surface area contributed by atoms with Gasteiger partial charge in [-0.3, -0.25) is 10.2 Å². The predicted molar refractivity (Wildman–Crippen MR) is 141 cm³/mol. The highest BCUT2D eigenvalue weighted by Gasteiger charge is 2.23. The van der Waals surface area contributed by atoms with E-state index in [9.17, 15) is 14.9 Å². The Morgan fingerprint density at radius 1 is 1.14 bits per heavy atom. The molecule has 0 unspecified atom stereocenters. The van der Waals surface area contributed by atoms with E-state index in [1.165, 1.54) is 0 Å². The van der Waals surface area contributed by atoms with Crippen molar-refractivity contribution in [3.8, 4) is 34.2 Å². The lowest BCUT2D eigenvalue weighted by atomic mass is 10.0. The van der Waals surface area contributed by atoms with Crippen LogP contribution in [0.2, 0.25) is 10.0 Å². The van der Waals surface area contributed by atoms with Crippen LogP contribution >= 0.6 is 23.2 Å². The summed E-state index contributed by atoms with van der Waals surface area (Å²) in [5.41, 5.74) is 7.37. The molecule has 2 heterocycles. The largest absolute Gasteiger partial charge is 0.379 e. The zero-order chi connectivity index (χ0) is 26.4. The van der Waals surface area contributed by atoms with E-state index in [1.807, 2.05) is 53.0 Å². The summed E-state index contributed by atoms with van der Waals surface area (Å²) >= 11 is 12.7. The van der Waals surface area contributed by atoms with Gasteiger partial charge in [-0.2, -0.15) is 0 Å². The normalized spacial score (nSPS) is 13.5. The highest BCUT2D eigenvalue weighted by molar-refractivity contribution is 6.36. The molecule has 0 saturated carbocycles. The van der Waals surface area contributed by atoms with Crippen LogP contribution in [0.1, 0.15) is 22.5 Å². The van der Waals surface area contributed by atoms with Gasteiger partial charge in [0.25, 0.3) is 11.0 Å². The van der Waals surface area contributed by atoms with E-state index in [1.54, 1.807) is 12.1 Å². The van der Waals surface area contributed by atoms with E-state index < -0.39 is 5.09 Å². The highest BCUT2D eigenvalue weighted by atomic mass is 35.5. The Labute approximate surface area is 223 Å². The third-order valence-electron chi connectivity index (χ3n) is 5.77. The van der Waals surface area contributed by atoms with Crippen molar-refractivity contribution in [3.63, 3.8) is 0 Å². The minimum absolute atomic E-state index is 0.0814. The second kappa shape index (κ2) is 12.1. The van der Waals surface area contributed by atoms with E-state index >= 15 is 0 Å².